The van der Waals surface area contributed by atoms with Crippen molar-refractivity contribution in [2.45, 2.75) is 0 Å². The quantitative estimate of drug-likeness (QED) is 0.495. The van der Waals surface area contributed by atoms with E-state index in [1.54, 1.807) is 5.38 Å². The van der Waals surface area contributed by atoms with Gasteiger partial charge in [-0.2, -0.15) is 12.6 Å². The van der Waals surface area contributed by atoms with E-state index in [2.05, 4.69) is 17.6 Å². The highest BCUT2D eigenvalue weighted by Gasteiger charge is 2.11. The highest BCUT2D eigenvalue weighted by atomic mass is 32.1. The van der Waals surface area contributed by atoms with Crippen LogP contribution in [0, 0.1) is 0 Å². The van der Waals surface area contributed by atoms with Crippen LogP contribution >= 0.6 is 24.0 Å². The monoisotopic (exact) mass is 202 g/mol. The fraction of sp³-hybridized carbons (Fsp3) is 0. The first-order valence-corrected chi connectivity index (χ1v) is 4.34. The maximum absolute atomic E-state index is 10.5. The molecular formula is C6H6N2O2S2. The van der Waals surface area contributed by atoms with E-state index < -0.39 is 5.97 Å². The second kappa shape index (κ2) is 3.59. The molecule has 0 bridgehead atoms. The van der Waals surface area contributed by atoms with Crippen molar-refractivity contribution in [3.63, 3.8) is 0 Å². The third-order valence-corrected chi connectivity index (χ3v) is 2.09. The zero-order chi connectivity index (χ0) is 9.14. The Bertz CT molecular complexity index is 332. The van der Waals surface area contributed by atoms with Gasteiger partial charge in [0.05, 0.1) is 11.3 Å². The molecule has 1 aromatic rings. The average molecular weight is 202 g/mol. The summed E-state index contributed by atoms with van der Waals surface area (Å²) in [4.78, 5) is 14.3. The Morgan fingerprint density at radius 1 is 1.83 bits per heavy atom. The largest absolute Gasteiger partial charge is 0.478 e. The molecule has 0 aliphatic heterocycles. The molecule has 0 spiro atoms. The lowest BCUT2D eigenvalue weighted by Crippen LogP contribution is -1.99. The van der Waals surface area contributed by atoms with Crippen molar-refractivity contribution >= 4 is 40.6 Å². The number of anilines is 1. The number of aromatic nitrogens is 1. The third-order valence-electron chi connectivity index (χ3n) is 1.16. The second-order valence-corrected chi connectivity index (χ2v) is 3.07. The van der Waals surface area contributed by atoms with Crippen molar-refractivity contribution in [1.29, 1.82) is 0 Å². The van der Waals surface area contributed by atoms with Gasteiger partial charge in [0.1, 0.15) is 0 Å². The van der Waals surface area contributed by atoms with E-state index in [9.17, 15) is 4.79 Å². The fourth-order valence-corrected chi connectivity index (χ4v) is 1.45. The molecule has 0 atom stereocenters. The Hall–Kier alpha value is -1.01. The fourth-order valence-electron chi connectivity index (χ4n) is 0.642. The molecule has 0 aliphatic rings. The Morgan fingerprint density at radius 2 is 2.50 bits per heavy atom. The van der Waals surface area contributed by atoms with Gasteiger partial charge in [0.2, 0.25) is 0 Å². The van der Waals surface area contributed by atoms with Crippen LogP contribution in [-0.4, -0.2) is 16.1 Å². The van der Waals surface area contributed by atoms with E-state index in [4.69, 9.17) is 10.8 Å². The Labute approximate surface area is 78.1 Å². The Balaban J connectivity index is 3.04. The van der Waals surface area contributed by atoms with Gasteiger partial charge >= 0.3 is 5.97 Å². The van der Waals surface area contributed by atoms with Crippen LogP contribution in [0.2, 0.25) is 0 Å². The lowest BCUT2D eigenvalue weighted by atomic mass is 10.2. The molecule has 0 saturated carbocycles. The van der Waals surface area contributed by atoms with E-state index in [1.807, 2.05) is 0 Å². The van der Waals surface area contributed by atoms with Gasteiger partial charge in [-0.15, -0.1) is 11.3 Å². The van der Waals surface area contributed by atoms with Crippen LogP contribution in [-0.2, 0) is 4.79 Å². The summed E-state index contributed by atoms with van der Waals surface area (Å²) in [7, 11) is 0. The minimum atomic E-state index is -1.06. The summed E-state index contributed by atoms with van der Waals surface area (Å²) in [5, 5.41) is 11.8. The number of nitrogens with two attached hydrogens (primary N) is 1. The minimum Gasteiger partial charge on any atom is -0.478 e. The highest BCUT2D eigenvalue weighted by Crippen LogP contribution is 2.19. The van der Waals surface area contributed by atoms with E-state index in [1.165, 1.54) is 16.7 Å². The van der Waals surface area contributed by atoms with Gasteiger partial charge in [-0.1, -0.05) is 0 Å². The number of carboxylic acids is 1. The molecule has 1 aromatic heterocycles. The van der Waals surface area contributed by atoms with Gasteiger partial charge < -0.3 is 10.8 Å². The number of carbonyl (C=O) groups is 1. The second-order valence-electron chi connectivity index (χ2n) is 1.92. The SMILES string of the molecule is Nc1nc(C(=CS)C(=O)O)cs1. The molecule has 0 aliphatic carbocycles. The average Bonchev–Trinajstić information content (AvgIpc) is 2.37. The van der Waals surface area contributed by atoms with Gasteiger partial charge in [0.15, 0.2) is 5.13 Å². The number of aliphatic carboxylic acids is 1. The molecule has 0 unspecified atom stereocenters. The molecule has 0 saturated heterocycles. The number of nitrogen functional groups attached to an aromatic ring is 1. The smallest absolute Gasteiger partial charge is 0.338 e. The lowest BCUT2D eigenvalue weighted by molar-refractivity contribution is -0.130. The molecule has 0 aromatic carbocycles. The van der Waals surface area contributed by atoms with Gasteiger partial charge in [0.25, 0.3) is 0 Å². The first-order chi connectivity index (χ1) is 5.65. The number of rotatable bonds is 2. The zero-order valence-corrected chi connectivity index (χ0v) is 7.60. The zero-order valence-electron chi connectivity index (χ0n) is 5.89. The molecule has 1 heterocycles. The highest BCUT2D eigenvalue weighted by molar-refractivity contribution is 7.83. The minimum absolute atomic E-state index is 0.0475. The Morgan fingerprint density at radius 3 is 2.83 bits per heavy atom. The maximum atomic E-state index is 10.5. The van der Waals surface area contributed by atoms with Crippen molar-refractivity contribution in [2.24, 2.45) is 0 Å². The van der Waals surface area contributed by atoms with Crippen LogP contribution in [0.3, 0.4) is 0 Å². The van der Waals surface area contributed by atoms with Gasteiger partial charge in [-0.3, -0.25) is 0 Å². The number of nitrogens with zero attached hydrogens (tertiary/aromatic N) is 1. The first kappa shape index (κ1) is 9.08. The van der Waals surface area contributed by atoms with Crippen LogP contribution in [0.15, 0.2) is 10.8 Å². The molecule has 0 amide bonds. The van der Waals surface area contributed by atoms with Gasteiger partial charge in [-0.05, 0) is 5.41 Å². The van der Waals surface area contributed by atoms with Crippen LogP contribution in [0.5, 0.6) is 0 Å². The number of carboxylic acid groups (broad SMARTS) is 1. The number of hydrogen-bond acceptors (Lipinski definition) is 5. The first-order valence-electron chi connectivity index (χ1n) is 2.94. The van der Waals surface area contributed by atoms with E-state index in [-0.39, 0.29) is 5.57 Å². The third kappa shape index (κ3) is 1.77. The van der Waals surface area contributed by atoms with Crippen molar-refractivity contribution < 1.29 is 9.90 Å². The van der Waals surface area contributed by atoms with Gasteiger partial charge in [0, 0.05) is 5.38 Å². The summed E-state index contributed by atoms with van der Waals surface area (Å²) in [5.74, 6) is -1.06. The van der Waals surface area contributed by atoms with Crippen LogP contribution < -0.4 is 5.73 Å². The summed E-state index contributed by atoms with van der Waals surface area (Å²) in [5.41, 5.74) is 5.73. The summed E-state index contributed by atoms with van der Waals surface area (Å²) in [6, 6.07) is 0. The van der Waals surface area contributed by atoms with E-state index >= 15 is 0 Å². The number of hydrogen-bond donors (Lipinski definition) is 3. The van der Waals surface area contributed by atoms with E-state index in [0.717, 1.165) is 0 Å². The van der Waals surface area contributed by atoms with Crippen molar-refractivity contribution in [3.05, 3.63) is 16.5 Å². The van der Waals surface area contributed by atoms with E-state index in [0.29, 0.717) is 10.8 Å². The topological polar surface area (TPSA) is 76.2 Å². The molecule has 0 radical (unpaired) electrons. The van der Waals surface area contributed by atoms with Crippen molar-refractivity contribution in [2.75, 3.05) is 5.73 Å². The van der Waals surface area contributed by atoms with Gasteiger partial charge in [-0.25, -0.2) is 9.78 Å². The van der Waals surface area contributed by atoms with Crippen LogP contribution in [0.25, 0.3) is 5.57 Å². The normalized spacial score (nSPS) is 11.6. The Kier molecular flexibility index (Phi) is 2.72. The molecule has 4 nitrogen and oxygen atoms in total. The number of thiol groups is 1. The summed E-state index contributed by atoms with van der Waals surface area (Å²) in [6.07, 6.45) is 0. The summed E-state index contributed by atoms with van der Waals surface area (Å²) in [6.45, 7) is 0. The molecule has 6 heteroatoms. The predicted molar refractivity (Wildman–Crippen MR) is 51.1 cm³/mol. The number of thiazole rings is 1. The molecule has 0 fully saturated rings. The molecule has 12 heavy (non-hydrogen) atoms. The van der Waals surface area contributed by atoms with Crippen molar-refractivity contribution in [1.82, 2.24) is 4.98 Å². The predicted octanol–water partition coefficient (Wildman–Crippen LogP) is 1.08. The standard InChI is InChI=1S/C6H6N2O2S2/c7-6-8-4(2-12-6)3(1-11)5(9)10/h1-2,11H,(H2,7,8)(H,9,10). The van der Waals surface area contributed by atoms with Crippen LogP contribution in [0.1, 0.15) is 5.69 Å². The molecule has 64 valence electrons. The summed E-state index contributed by atoms with van der Waals surface area (Å²) < 4.78 is 0. The maximum Gasteiger partial charge on any atom is 0.338 e. The van der Waals surface area contributed by atoms with Crippen LogP contribution in [0.4, 0.5) is 5.13 Å². The molecule has 3 N–H and O–H groups in total. The molecule has 1 rings (SSSR count). The summed E-state index contributed by atoms with van der Waals surface area (Å²) >= 11 is 4.95. The molecular weight excluding hydrogens is 196 g/mol. The lowest BCUT2D eigenvalue weighted by Gasteiger charge is -1.93. The van der Waals surface area contributed by atoms with Crippen molar-refractivity contribution in [3.8, 4) is 0 Å².